The lowest BCUT2D eigenvalue weighted by atomic mass is 10.1. The van der Waals surface area contributed by atoms with Crippen LogP contribution in [-0.2, 0) is 30.8 Å². The quantitative estimate of drug-likeness (QED) is 0.678. The van der Waals surface area contributed by atoms with Crippen LogP contribution in [0.1, 0.15) is 23.6 Å². The highest BCUT2D eigenvalue weighted by Crippen LogP contribution is 2.04. The SMILES string of the molecule is Cc1nccn1CCC(=O)NCc1nncn1CCc1ccccc1. The third-order valence-electron chi connectivity index (χ3n) is 4.13. The molecule has 0 aliphatic rings. The molecule has 0 fully saturated rings. The molecule has 0 aliphatic heterocycles. The fourth-order valence-electron chi connectivity index (χ4n) is 2.62. The van der Waals surface area contributed by atoms with Crippen molar-refractivity contribution >= 4 is 5.91 Å². The Bertz CT molecular complexity index is 808. The molecule has 0 radical (unpaired) electrons. The van der Waals surface area contributed by atoms with E-state index in [1.807, 2.05) is 40.5 Å². The van der Waals surface area contributed by atoms with E-state index in [1.54, 1.807) is 12.5 Å². The lowest BCUT2D eigenvalue weighted by Crippen LogP contribution is -2.26. The molecule has 0 unspecified atom stereocenters. The number of imidazole rings is 1. The summed E-state index contributed by atoms with van der Waals surface area (Å²) in [7, 11) is 0. The summed E-state index contributed by atoms with van der Waals surface area (Å²) in [5, 5.41) is 11.0. The van der Waals surface area contributed by atoms with E-state index in [-0.39, 0.29) is 5.91 Å². The average Bonchev–Trinajstić information content (AvgIpc) is 3.25. The van der Waals surface area contributed by atoms with Crippen molar-refractivity contribution in [1.82, 2.24) is 29.6 Å². The number of nitrogens with one attached hydrogen (secondary N) is 1. The van der Waals surface area contributed by atoms with Gasteiger partial charge in [-0.3, -0.25) is 4.79 Å². The molecule has 3 rings (SSSR count). The Morgan fingerprint density at radius 1 is 1.16 bits per heavy atom. The molecular weight excluding hydrogens is 316 g/mol. The van der Waals surface area contributed by atoms with Crippen molar-refractivity contribution in [3.05, 3.63) is 66.3 Å². The normalized spacial score (nSPS) is 10.8. The standard InChI is InChI=1S/C18H22N6O/c1-15-19-9-12-23(15)11-8-18(25)20-13-17-22-21-14-24(17)10-7-16-5-3-2-4-6-16/h2-6,9,12,14H,7-8,10-11,13H2,1H3,(H,20,25). The first kappa shape index (κ1) is 16.9. The molecule has 0 atom stereocenters. The van der Waals surface area contributed by atoms with Crippen molar-refractivity contribution in [2.45, 2.75) is 39.4 Å². The Morgan fingerprint density at radius 3 is 2.76 bits per heavy atom. The summed E-state index contributed by atoms with van der Waals surface area (Å²) in [6.07, 6.45) is 6.64. The van der Waals surface area contributed by atoms with E-state index < -0.39 is 0 Å². The van der Waals surface area contributed by atoms with Gasteiger partial charge in [-0.1, -0.05) is 30.3 Å². The molecule has 0 saturated heterocycles. The molecule has 0 spiro atoms. The van der Waals surface area contributed by atoms with Gasteiger partial charge in [-0.2, -0.15) is 0 Å². The van der Waals surface area contributed by atoms with Crippen molar-refractivity contribution in [3.63, 3.8) is 0 Å². The number of carbonyl (C=O) groups is 1. The van der Waals surface area contributed by atoms with Gasteiger partial charge in [0.25, 0.3) is 0 Å². The van der Waals surface area contributed by atoms with Gasteiger partial charge in [0.05, 0.1) is 6.54 Å². The van der Waals surface area contributed by atoms with Gasteiger partial charge in [-0.15, -0.1) is 10.2 Å². The predicted molar refractivity (Wildman–Crippen MR) is 93.6 cm³/mol. The number of hydrogen-bond donors (Lipinski definition) is 1. The van der Waals surface area contributed by atoms with E-state index in [0.717, 1.165) is 24.6 Å². The minimum atomic E-state index is -0.00860. The van der Waals surface area contributed by atoms with Crippen LogP contribution in [0.15, 0.2) is 49.1 Å². The lowest BCUT2D eigenvalue weighted by molar-refractivity contribution is -0.121. The first-order valence-corrected chi connectivity index (χ1v) is 8.37. The van der Waals surface area contributed by atoms with E-state index in [1.165, 1.54) is 5.56 Å². The molecule has 7 heteroatoms. The third kappa shape index (κ3) is 4.76. The first-order chi connectivity index (χ1) is 12.2. The number of carbonyl (C=O) groups excluding carboxylic acids is 1. The number of nitrogens with zero attached hydrogens (tertiary/aromatic N) is 5. The number of hydrogen-bond acceptors (Lipinski definition) is 4. The van der Waals surface area contributed by atoms with Crippen LogP contribution < -0.4 is 5.32 Å². The summed E-state index contributed by atoms with van der Waals surface area (Å²) in [5.74, 6) is 1.67. The Kier molecular flexibility index (Phi) is 5.56. The number of aryl methyl sites for hydroxylation is 4. The fraction of sp³-hybridized carbons (Fsp3) is 0.333. The second kappa shape index (κ2) is 8.23. The summed E-state index contributed by atoms with van der Waals surface area (Å²) >= 11 is 0. The van der Waals surface area contributed by atoms with Gasteiger partial charge >= 0.3 is 0 Å². The smallest absolute Gasteiger partial charge is 0.222 e. The van der Waals surface area contributed by atoms with Crippen LogP contribution in [-0.4, -0.2) is 30.2 Å². The van der Waals surface area contributed by atoms with Crippen LogP contribution in [0.3, 0.4) is 0 Å². The summed E-state index contributed by atoms with van der Waals surface area (Å²) in [6, 6.07) is 10.3. The minimum absolute atomic E-state index is 0.00860. The fourth-order valence-corrected chi connectivity index (χ4v) is 2.62. The van der Waals surface area contributed by atoms with Crippen molar-refractivity contribution in [1.29, 1.82) is 0 Å². The zero-order valence-corrected chi connectivity index (χ0v) is 14.3. The maximum atomic E-state index is 12.0. The molecule has 1 N–H and O–H groups in total. The molecule has 7 nitrogen and oxygen atoms in total. The maximum absolute atomic E-state index is 12.0. The molecule has 0 saturated carbocycles. The summed E-state index contributed by atoms with van der Waals surface area (Å²) < 4.78 is 3.94. The molecule has 1 amide bonds. The molecule has 130 valence electrons. The van der Waals surface area contributed by atoms with Crippen LogP contribution in [0.2, 0.25) is 0 Å². The second-order valence-corrected chi connectivity index (χ2v) is 5.87. The van der Waals surface area contributed by atoms with E-state index in [0.29, 0.717) is 19.5 Å². The first-order valence-electron chi connectivity index (χ1n) is 8.37. The summed E-state index contributed by atoms with van der Waals surface area (Å²) in [5.41, 5.74) is 1.27. The van der Waals surface area contributed by atoms with Crippen molar-refractivity contribution in [2.24, 2.45) is 0 Å². The van der Waals surface area contributed by atoms with Gasteiger partial charge < -0.3 is 14.5 Å². The summed E-state index contributed by atoms with van der Waals surface area (Å²) in [6.45, 7) is 3.72. The van der Waals surface area contributed by atoms with Crippen LogP contribution in [0.4, 0.5) is 0 Å². The molecule has 25 heavy (non-hydrogen) atoms. The Hall–Kier alpha value is -2.96. The van der Waals surface area contributed by atoms with E-state index in [2.05, 4.69) is 32.6 Å². The van der Waals surface area contributed by atoms with Crippen molar-refractivity contribution in [3.8, 4) is 0 Å². The monoisotopic (exact) mass is 338 g/mol. The van der Waals surface area contributed by atoms with Crippen LogP contribution >= 0.6 is 0 Å². The molecule has 2 heterocycles. The molecule has 1 aromatic carbocycles. The average molecular weight is 338 g/mol. The Balaban J connectivity index is 1.46. The van der Waals surface area contributed by atoms with E-state index in [9.17, 15) is 4.79 Å². The highest BCUT2D eigenvalue weighted by molar-refractivity contribution is 5.75. The highest BCUT2D eigenvalue weighted by Gasteiger charge is 2.08. The van der Waals surface area contributed by atoms with Crippen LogP contribution in [0, 0.1) is 6.92 Å². The second-order valence-electron chi connectivity index (χ2n) is 5.87. The van der Waals surface area contributed by atoms with Gasteiger partial charge in [0.1, 0.15) is 12.2 Å². The molecule has 3 aromatic rings. The minimum Gasteiger partial charge on any atom is -0.349 e. The number of aromatic nitrogens is 5. The van der Waals surface area contributed by atoms with Crippen molar-refractivity contribution < 1.29 is 4.79 Å². The van der Waals surface area contributed by atoms with E-state index >= 15 is 0 Å². The lowest BCUT2D eigenvalue weighted by Gasteiger charge is -2.09. The zero-order chi connectivity index (χ0) is 17.5. The van der Waals surface area contributed by atoms with Crippen LogP contribution in [0.5, 0.6) is 0 Å². The topological polar surface area (TPSA) is 77.6 Å². The number of benzene rings is 1. The van der Waals surface area contributed by atoms with Gasteiger partial charge in [-0.25, -0.2) is 4.98 Å². The third-order valence-corrected chi connectivity index (χ3v) is 4.13. The van der Waals surface area contributed by atoms with Gasteiger partial charge in [0, 0.05) is 31.9 Å². The van der Waals surface area contributed by atoms with Gasteiger partial charge in [0.2, 0.25) is 5.91 Å². The molecule has 0 bridgehead atoms. The maximum Gasteiger partial charge on any atom is 0.222 e. The predicted octanol–water partition coefficient (Wildman–Crippen LogP) is 1.73. The summed E-state index contributed by atoms with van der Waals surface area (Å²) in [4.78, 5) is 16.2. The van der Waals surface area contributed by atoms with E-state index in [4.69, 9.17) is 0 Å². The highest BCUT2D eigenvalue weighted by atomic mass is 16.1. The molecular formula is C18H22N6O. The molecule has 2 aromatic heterocycles. The molecule has 0 aliphatic carbocycles. The van der Waals surface area contributed by atoms with Crippen molar-refractivity contribution in [2.75, 3.05) is 0 Å². The zero-order valence-electron chi connectivity index (χ0n) is 14.3. The number of amides is 1. The van der Waals surface area contributed by atoms with Gasteiger partial charge in [0.15, 0.2) is 5.82 Å². The largest absolute Gasteiger partial charge is 0.349 e. The Labute approximate surface area is 146 Å². The van der Waals surface area contributed by atoms with Gasteiger partial charge in [-0.05, 0) is 18.9 Å². The van der Waals surface area contributed by atoms with Crippen LogP contribution in [0.25, 0.3) is 0 Å². The Morgan fingerprint density at radius 2 is 2.00 bits per heavy atom. The number of rotatable bonds is 8.